The van der Waals surface area contributed by atoms with Gasteiger partial charge >= 0.3 is 0 Å². The predicted octanol–water partition coefficient (Wildman–Crippen LogP) is 1.93. The second kappa shape index (κ2) is 7.14. The summed E-state index contributed by atoms with van der Waals surface area (Å²) in [7, 11) is 0. The molecule has 1 heterocycles. The number of amides is 1. The van der Waals surface area contributed by atoms with Crippen LogP contribution in [0.1, 0.15) is 12.5 Å². The molecule has 1 aromatic carbocycles. The summed E-state index contributed by atoms with van der Waals surface area (Å²) in [6.45, 7) is 2.62. The predicted molar refractivity (Wildman–Crippen MR) is 82.8 cm³/mol. The molecule has 1 aromatic heterocycles. The zero-order valence-electron chi connectivity index (χ0n) is 11.4. The summed E-state index contributed by atoms with van der Waals surface area (Å²) in [6.07, 6.45) is 4.24. The Hall–Kier alpha value is -1.75. The first-order chi connectivity index (χ1) is 9.65. The maximum atomic E-state index is 12.1. The molecule has 4 nitrogen and oxygen atoms in total. The Balaban J connectivity index is 1.81. The highest BCUT2D eigenvalue weighted by Crippen LogP contribution is 2.08. The summed E-state index contributed by atoms with van der Waals surface area (Å²) < 4.78 is 1.80. The molecular formula is C15H19N3OS. The highest BCUT2D eigenvalue weighted by molar-refractivity contribution is 7.81. The Morgan fingerprint density at radius 1 is 1.35 bits per heavy atom. The van der Waals surface area contributed by atoms with Crippen molar-refractivity contribution in [1.29, 1.82) is 0 Å². The number of benzene rings is 1. The quantitative estimate of drug-likeness (QED) is 0.798. The van der Waals surface area contributed by atoms with E-state index in [0.717, 1.165) is 5.56 Å². The van der Waals surface area contributed by atoms with Crippen LogP contribution in [0.4, 0.5) is 0 Å². The Bertz CT molecular complexity index is 527. The van der Waals surface area contributed by atoms with Crippen LogP contribution in [0.5, 0.6) is 0 Å². The lowest BCUT2D eigenvalue weighted by Gasteiger charge is -2.17. The normalized spacial score (nSPS) is 13.7. The van der Waals surface area contributed by atoms with Gasteiger partial charge in [0.2, 0.25) is 5.91 Å². The van der Waals surface area contributed by atoms with E-state index in [1.165, 1.54) is 0 Å². The van der Waals surface area contributed by atoms with Crippen LogP contribution in [0.25, 0.3) is 0 Å². The summed E-state index contributed by atoms with van der Waals surface area (Å²) in [5, 5.41) is 6.75. The monoisotopic (exact) mass is 289 g/mol. The third-order valence-corrected chi connectivity index (χ3v) is 3.40. The Morgan fingerprint density at radius 2 is 2.10 bits per heavy atom. The summed E-state index contributed by atoms with van der Waals surface area (Å²) in [5.41, 5.74) is 1.11. The number of thiol groups is 1. The van der Waals surface area contributed by atoms with Crippen molar-refractivity contribution in [2.24, 2.45) is 0 Å². The first kappa shape index (κ1) is 14.7. The maximum Gasteiger partial charge on any atom is 0.233 e. The van der Waals surface area contributed by atoms with Gasteiger partial charge in [-0.3, -0.25) is 9.48 Å². The number of carbonyl (C=O) groups excluding carboxylic acids is 1. The average Bonchev–Trinajstić information content (AvgIpc) is 2.92. The van der Waals surface area contributed by atoms with E-state index in [-0.39, 0.29) is 17.2 Å². The summed E-state index contributed by atoms with van der Waals surface area (Å²) in [6, 6.07) is 11.8. The molecule has 0 radical (unpaired) electrons. The van der Waals surface area contributed by atoms with E-state index in [1.807, 2.05) is 49.5 Å². The molecule has 0 aliphatic carbocycles. The molecule has 0 bridgehead atoms. The molecule has 2 unspecified atom stereocenters. The standard InChI is InChI=1S/C15H19N3OS/c1-12(11-18-9-5-8-16-18)17-15(19)14(20)10-13-6-3-2-4-7-13/h2-9,12,14,20H,10-11H2,1H3,(H,17,19). The van der Waals surface area contributed by atoms with Crippen molar-refractivity contribution < 1.29 is 4.79 Å². The van der Waals surface area contributed by atoms with Gasteiger partial charge in [-0.2, -0.15) is 17.7 Å². The van der Waals surface area contributed by atoms with Gasteiger partial charge in [0, 0.05) is 18.4 Å². The van der Waals surface area contributed by atoms with E-state index in [1.54, 1.807) is 10.9 Å². The van der Waals surface area contributed by atoms with E-state index in [9.17, 15) is 4.79 Å². The number of hydrogen-bond acceptors (Lipinski definition) is 3. The number of nitrogens with zero attached hydrogens (tertiary/aromatic N) is 2. The molecule has 0 saturated carbocycles. The van der Waals surface area contributed by atoms with Gasteiger partial charge in [-0.25, -0.2) is 0 Å². The van der Waals surface area contributed by atoms with Crippen LogP contribution in [-0.4, -0.2) is 27.0 Å². The van der Waals surface area contributed by atoms with Gasteiger partial charge in [0.25, 0.3) is 0 Å². The van der Waals surface area contributed by atoms with Gasteiger partial charge in [-0.1, -0.05) is 30.3 Å². The lowest BCUT2D eigenvalue weighted by atomic mass is 10.1. The molecule has 0 aliphatic rings. The first-order valence-corrected chi connectivity index (χ1v) is 7.16. The van der Waals surface area contributed by atoms with Crippen molar-refractivity contribution >= 4 is 18.5 Å². The number of nitrogens with one attached hydrogen (secondary N) is 1. The van der Waals surface area contributed by atoms with Crippen molar-refractivity contribution in [3.8, 4) is 0 Å². The highest BCUT2D eigenvalue weighted by Gasteiger charge is 2.16. The minimum atomic E-state index is -0.336. The Kier molecular flexibility index (Phi) is 5.24. The number of hydrogen-bond donors (Lipinski definition) is 2. The average molecular weight is 289 g/mol. The van der Waals surface area contributed by atoms with E-state index < -0.39 is 0 Å². The van der Waals surface area contributed by atoms with Crippen molar-refractivity contribution in [2.75, 3.05) is 0 Å². The van der Waals surface area contributed by atoms with Crippen LogP contribution < -0.4 is 5.32 Å². The second-order valence-corrected chi connectivity index (χ2v) is 5.47. The van der Waals surface area contributed by atoms with Crippen LogP contribution in [0.3, 0.4) is 0 Å². The fourth-order valence-corrected chi connectivity index (χ4v) is 2.29. The fraction of sp³-hybridized carbons (Fsp3) is 0.333. The molecule has 0 spiro atoms. The topological polar surface area (TPSA) is 46.9 Å². The number of carbonyl (C=O) groups is 1. The third kappa shape index (κ3) is 4.42. The largest absolute Gasteiger partial charge is 0.351 e. The number of rotatable bonds is 6. The SMILES string of the molecule is CC(Cn1cccn1)NC(=O)C(S)Cc1ccccc1. The Labute approximate surface area is 124 Å². The second-order valence-electron chi connectivity index (χ2n) is 4.84. The van der Waals surface area contributed by atoms with E-state index in [0.29, 0.717) is 13.0 Å². The van der Waals surface area contributed by atoms with Crippen molar-refractivity contribution in [3.63, 3.8) is 0 Å². The molecule has 0 aliphatic heterocycles. The summed E-state index contributed by atoms with van der Waals surface area (Å²) in [5.74, 6) is -0.0446. The molecule has 5 heteroatoms. The van der Waals surface area contributed by atoms with Crippen molar-refractivity contribution in [1.82, 2.24) is 15.1 Å². The zero-order chi connectivity index (χ0) is 14.4. The molecule has 1 N–H and O–H groups in total. The summed E-state index contributed by atoms with van der Waals surface area (Å²) >= 11 is 4.39. The lowest BCUT2D eigenvalue weighted by molar-refractivity contribution is -0.121. The molecule has 2 atom stereocenters. The summed E-state index contributed by atoms with van der Waals surface area (Å²) in [4.78, 5) is 12.1. The molecule has 2 rings (SSSR count). The van der Waals surface area contributed by atoms with Crippen molar-refractivity contribution in [2.45, 2.75) is 31.2 Å². The smallest absolute Gasteiger partial charge is 0.233 e. The van der Waals surface area contributed by atoms with Gasteiger partial charge < -0.3 is 5.32 Å². The van der Waals surface area contributed by atoms with E-state index >= 15 is 0 Å². The molecule has 0 saturated heterocycles. The molecule has 1 amide bonds. The minimum absolute atomic E-state index is 0.0211. The minimum Gasteiger partial charge on any atom is -0.351 e. The van der Waals surface area contributed by atoms with Gasteiger partial charge in [-0.15, -0.1) is 0 Å². The number of aromatic nitrogens is 2. The fourth-order valence-electron chi connectivity index (χ4n) is 2.00. The molecule has 0 fully saturated rings. The first-order valence-electron chi connectivity index (χ1n) is 6.65. The molecule has 2 aromatic rings. The third-order valence-electron chi connectivity index (χ3n) is 2.98. The van der Waals surface area contributed by atoms with E-state index in [4.69, 9.17) is 0 Å². The van der Waals surface area contributed by atoms with Crippen LogP contribution in [0.2, 0.25) is 0 Å². The molecule has 20 heavy (non-hydrogen) atoms. The Morgan fingerprint density at radius 3 is 2.75 bits per heavy atom. The maximum absolute atomic E-state index is 12.1. The van der Waals surface area contributed by atoms with E-state index in [2.05, 4.69) is 23.0 Å². The van der Waals surface area contributed by atoms with Crippen LogP contribution in [0, 0.1) is 0 Å². The van der Waals surface area contributed by atoms with Gasteiger partial charge in [0.1, 0.15) is 0 Å². The van der Waals surface area contributed by atoms with Crippen LogP contribution in [-0.2, 0) is 17.8 Å². The van der Waals surface area contributed by atoms with Gasteiger partial charge in [0.15, 0.2) is 0 Å². The highest BCUT2D eigenvalue weighted by atomic mass is 32.1. The van der Waals surface area contributed by atoms with Crippen LogP contribution in [0.15, 0.2) is 48.8 Å². The van der Waals surface area contributed by atoms with Gasteiger partial charge in [-0.05, 0) is 25.0 Å². The molecular weight excluding hydrogens is 270 g/mol. The lowest BCUT2D eigenvalue weighted by Crippen LogP contribution is -2.40. The van der Waals surface area contributed by atoms with Crippen LogP contribution >= 0.6 is 12.6 Å². The zero-order valence-corrected chi connectivity index (χ0v) is 12.3. The van der Waals surface area contributed by atoms with Gasteiger partial charge in [0.05, 0.1) is 11.8 Å². The van der Waals surface area contributed by atoms with Crippen molar-refractivity contribution in [3.05, 3.63) is 54.4 Å². The molecule has 106 valence electrons.